The molecule has 0 amide bonds. The Bertz CT molecular complexity index is 233. The maximum Gasteiger partial charge on any atom is 0.106 e. The van der Waals surface area contributed by atoms with Crippen LogP contribution in [0.5, 0.6) is 0 Å². The zero-order chi connectivity index (χ0) is 7.40. The monoisotopic (exact) mass is 175 g/mol. The summed E-state index contributed by atoms with van der Waals surface area (Å²) in [6, 6.07) is 1.88. The lowest BCUT2D eigenvalue weighted by Crippen LogP contribution is -1.76. The van der Waals surface area contributed by atoms with Crippen molar-refractivity contribution in [1.82, 2.24) is 0 Å². The zero-order valence-electron chi connectivity index (χ0n) is 5.37. The van der Waals surface area contributed by atoms with E-state index < -0.39 is 0 Å². The van der Waals surface area contributed by atoms with Crippen LogP contribution in [0.4, 0.5) is 0 Å². The molecule has 0 aliphatic carbocycles. The van der Waals surface area contributed by atoms with Crippen LogP contribution in [-0.4, -0.2) is 13.3 Å². The number of halogens is 1. The second-order valence-electron chi connectivity index (χ2n) is 1.57. The quantitative estimate of drug-likeness (QED) is 0.500. The van der Waals surface area contributed by atoms with Gasteiger partial charge in [0.15, 0.2) is 0 Å². The predicted molar refractivity (Wildman–Crippen MR) is 43.9 cm³/mol. The van der Waals surface area contributed by atoms with Crippen molar-refractivity contribution in [3.05, 3.63) is 21.3 Å². The molecule has 0 spiro atoms. The van der Waals surface area contributed by atoms with Crippen LogP contribution in [-0.2, 0) is 4.84 Å². The molecular formula is C6H6ClNOS. The summed E-state index contributed by atoms with van der Waals surface area (Å²) in [5.41, 5.74) is 0.897. The van der Waals surface area contributed by atoms with E-state index in [0.29, 0.717) is 0 Å². The largest absolute Gasteiger partial charge is 0.399 e. The van der Waals surface area contributed by atoms with Crippen molar-refractivity contribution in [2.24, 2.45) is 5.16 Å². The number of rotatable bonds is 2. The topological polar surface area (TPSA) is 21.6 Å². The summed E-state index contributed by atoms with van der Waals surface area (Å²) in [4.78, 5) is 4.49. The van der Waals surface area contributed by atoms with Gasteiger partial charge in [-0.15, -0.1) is 11.3 Å². The molecule has 1 aromatic rings. The average Bonchev–Trinajstić information content (AvgIpc) is 2.31. The highest BCUT2D eigenvalue weighted by molar-refractivity contribution is 7.14. The molecule has 0 N–H and O–H groups in total. The fourth-order valence-corrected chi connectivity index (χ4v) is 1.36. The van der Waals surface area contributed by atoms with Crippen molar-refractivity contribution in [1.29, 1.82) is 0 Å². The molecule has 0 saturated carbocycles. The third-order valence-electron chi connectivity index (χ3n) is 0.943. The molecule has 0 radical (unpaired) electrons. The molecule has 0 aliphatic heterocycles. The Labute approximate surface area is 68.1 Å². The second-order valence-corrected chi connectivity index (χ2v) is 3.08. The van der Waals surface area contributed by atoms with Crippen molar-refractivity contribution >= 4 is 29.2 Å². The van der Waals surface area contributed by atoms with Crippen molar-refractivity contribution < 1.29 is 4.84 Å². The van der Waals surface area contributed by atoms with Gasteiger partial charge in [-0.3, -0.25) is 0 Å². The number of hydrogen-bond acceptors (Lipinski definition) is 3. The van der Waals surface area contributed by atoms with E-state index in [-0.39, 0.29) is 0 Å². The molecule has 1 aromatic heterocycles. The van der Waals surface area contributed by atoms with Gasteiger partial charge in [0.05, 0.1) is 6.21 Å². The first kappa shape index (κ1) is 7.57. The first-order valence-corrected chi connectivity index (χ1v) is 3.90. The van der Waals surface area contributed by atoms with E-state index in [4.69, 9.17) is 11.6 Å². The Balaban J connectivity index is 2.74. The third-order valence-corrected chi connectivity index (χ3v) is 2.14. The predicted octanol–water partition coefficient (Wildman–Crippen LogP) is 2.38. The van der Waals surface area contributed by atoms with Crippen LogP contribution in [0, 0.1) is 0 Å². The fourth-order valence-electron chi connectivity index (χ4n) is 0.504. The van der Waals surface area contributed by atoms with Crippen LogP contribution in [0.2, 0.25) is 4.34 Å². The standard InChI is InChI=1S/C6H6ClNOS/c1-9-8-4-5-2-3-10-6(5)7/h2-4H,1H3/b8-4+. The molecule has 0 fully saturated rings. The van der Waals surface area contributed by atoms with Gasteiger partial charge in [0.1, 0.15) is 11.4 Å². The molecule has 4 heteroatoms. The summed E-state index contributed by atoms with van der Waals surface area (Å²) >= 11 is 7.22. The molecule has 0 bridgehead atoms. The highest BCUT2D eigenvalue weighted by atomic mass is 35.5. The third kappa shape index (κ3) is 1.72. The zero-order valence-corrected chi connectivity index (χ0v) is 6.95. The first-order valence-electron chi connectivity index (χ1n) is 2.64. The van der Waals surface area contributed by atoms with Gasteiger partial charge in [-0.2, -0.15) is 0 Å². The van der Waals surface area contributed by atoms with Gasteiger partial charge in [-0.1, -0.05) is 16.8 Å². The number of hydrogen-bond donors (Lipinski definition) is 0. The van der Waals surface area contributed by atoms with Gasteiger partial charge in [0.25, 0.3) is 0 Å². The lowest BCUT2D eigenvalue weighted by Gasteiger charge is -1.85. The lowest BCUT2D eigenvalue weighted by atomic mass is 10.4. The maximum atomic E-state index is 5.75. The van der Waals surface area contributed by atoms with Crippen molar-refractivity contribution in [3.63, 3.8) is 0 Å². The smallest absolute Gasteiger partial charge is 0.106 e. The van der Waals surface area contributed by atoms with E-state index in [1.54, 1.807) is 6.21 Å². The van der Waals surface area contributed by atoms with Crippen LogP contribution in [0.25, 0.3) is 0 Å². The van der Waals surface area contributed by atoms with E-state index in [2.05, 4.69) is 9.99 Å². The van der Waals surface area contributed by atoms with Crippen LogP contribution < -0.4 is 0 Å². The van der Waals surface area contributed by atoms with Crippen LogP contribution in [0.3, 0.4) is 0 Å². The average molecular weight is 176 g/mol. The SMILES string of the molecule is CO/N=C/c1ccsc1Cl. The van der Waals surface area contributed by atoms with E-state index in [9.17, 15) is 0 Å². The summed E-state index contributed by atoms with van der Waals surface area (Å²) in [7, 11) is 1.50. The van der Waals surface area contributed by atoms with Gasteiger partial charge >= 0.3 is 0 Å². The summed E-state index contributed by atoms with van der Waals surface area (Å²) in [5.74, 6) is 0. The molecule has 54 valence electrons. The van der Waals surface area contributed by atoms with Crippen molar-refractivity contribution in [3.8, 4) is 0 Å². The van der Waals surface area contributed by atoms with Gasteiger partial charge in [-0.05, 0) is 11.4 Å². The highest BCUT2D eigenvalue weighted by Gasteiger charge is 1.95. The molecule has 1 rings (SSSR count). The van der Waals surface area contributed by atoms with E-state index in [1.165, 1.54) is 18.4 Å². The minimum Gasteiger partial charge on any atom is -0.399 e. The number of nitrogens with zero attached hydrogens (tertiary/aromatic N) is 1. The number of thiophene rings is 1. The van der Waals surface area contributed by atoms with E-state index >= 15 is 0 Å². The molecule has 10 heavy (non-hydrogen) atoms. The molecule has 0 unspecified atom stereocenters. The number of oxime groups is 1. The Morgan fingerprint density at radius 2 is 2.60 bits per heavy atom. The molecular weight excluding hydrogens is 170 g/mol. The van der Waals surface area contributed by atoms with Gasteiger partial charge in [-0.25, -0.2) is 0 Å². The molecule has 1 heterocycles. The molecule has 2 nitrogen and oxygen atoms in total. The van der Waals surface area contributed by atoms with E-state index in [1.807, 2.05) is 11.4 Å². The Kier molecular flexibility index (Phi) is 2.71. The summed E-state index contributed by atoms with van der Waals surface area (Å²) in [5, 5.41) is 5.47. The Hall–Kier alpha value is -0.540. The normalized spacial score (nSPS) is 10.6. The van der Waals surface area contributed by atoms with Gasteiger partial charge in [0, 0.05) is 5.56 Å². The lowest BCUT2D eigenvalue weighted by molar-refractivity contribution is 0.215. The molecule has 0 aliphatic rings. The van der Waals surface area contributed by atoms with Crippen LogP contribution >= 0.6 is 22.9 Å². The summed E-state index contributed by atoms with van der Waals surface area (Å²) in [6.07, 6.45) is 1.58. The minimum atomic E-state index is 0.737. The first-order chi connectivity index (χ1) is 4.84. The second kappa shape index (κ2) is 3.58. The summed E-state index contributed by atoms with van der Waals surface area (Å²) < 4.78 is 0.737. The minimum absolute atomic E-state index is 0.737. The Morgan fingerprint density at radius 1 is 1.80 bits per heavy atom. The van der Waals surface area contributed by atoms with Gasteiger partial charge < -0.3 is 4.84 Å². The van der Waals surface area contributed by atoms with Crippen LogP contribution in [0.1, 0.15) is 5.56 Å². The molecule has 0 saturated heterocycles. The Morgan fingerprint density at radius 3 is 3.10 bits per heavy atom. The van der Waals surface area contributed by atoms with Crippen LogP contribution in [0.15, 0.2) is 16.6 Å². The van der Waals surface area contributed by atoms with Crippen molar-refractivity contribution in [2.75, 3.05) is 7.11 Å². The molecule has 0 aromatic carbocycles. The summed E-state index contributed by atoms with van der Waals surface area (Å²) in [6.45, 7) is 0. The fraction of sp³-hybridized carbons (Fsp3) is 0.167. The van der Waals surface area contributed by atoms with Gasteiger partial charge in [0.2, 0.25) is 0 Å². The van der Waals surface area contributed by atoms with Crippen molar-refractivity contribution in [2.45, 2.75) is 0 Å². The molecule has 0 atom stereocenters. The maximum absolute atomic E-state index is 5.75. The highest BCUT2D eigenvalue weighted by Crippen LogP contribution is 2.20. The van der Waals surface area contributed by atoms with E-state index in [0.717, 1.165) is 9.90 Å².